The summed E-state index contributed by atoms with van der Waals surface area (Å²) < 4.78 is 6.09. The highest BCUT2D eigenvalue weighted by molar-refractivity contribution is 9.10. The van der Waals surface area contributed by atoms with E-state index in [0.717, 1.165) is 38.6 Å². The molecule has 1 atom stereocenters. The van der Waals surface area contributed by atoms with Crippen molar-refractivity contribution in [2.75, 3.05) is 25.0 Å². The molecule has 1 aliphatic rings. The first-order valence-electron chi connectivity index (χ1n) is 8.52. The molecule has 0 aliphatic carbocycles. The Labute approximate surface area is 161 Å². The lowest BCUT2D eigenvalue weighted by atomic mass is 10.1. The molecular weight excluding hydrogens is 396 g/mol. The van der Waals surface area contributed by atoms with Crippen molar-refractivity contribution in [3.63, 3.8) is 0 Å². The number of benzene rings is 1. The Morgan fingerprint density at radius 2 is 2.23 bits per heavy atom. The molecule has 0 saturated carbocycles. The lowest BCUT2D eigenvalue weighted by molar-refractivity contribution is -0.129. The summed E-state index contributed by atoms with van der Waals surface area (Å²) in [5.41, 5.74) is 1.33. The van der Waals surface area contributed by atoms with E-state index in [0.29, 0.717) is 11.9 Å². The van der Waals surface area contributed by atoms with Crippen LogP contribution in [0.2, 0.25) is 0 Å². The van der Waals surface area contributed by atoms with Crippen LogP contribution in [0.1, 0.15) is 12.0 Å². The Balaban J connectivity index is 1.46. The van der Waals surface area contributed by atoms with Crippen LogP contribution in [0.15, 0.2) is 53.8 Å². The molecule has 3 rings (SSSR count). The molecule has 1 aromatic carbocycles. The Morgan fingerprint density at radius 1 is 1.38 bits per heavy atom. The molecule has 0 amide bonds. The van der Waals surface area contributed by atoms with Gasteiger partial charge in [-0.25, -0.2) is 14.8 Å². The minimum absolute atomic E-state index is 0.168. The molecule has 136 valence electrons. The zero-order chi connectivity index (χ0) is 18.4. The van der Waals surface area contributed by atoms with Crippen LogP contribution in [-0.4, -0.2) is 46.5 Å². The Morgan fingerprint density at radius 3 is 2.96 bits per heavy atom. The number of carbonyl (C=O) groups is 1. The number of halogens is 1. The van der Waals surface area contributed by atoms with Crippen molar-refractivity contribution in [3.8, 4) is 5.88 Å². The number of rotatable bonds is 7. The van der Waals surface area contributed by atoms with Crippen LogP contribution in [0.3, 0.4) is 0 Å². The van der Waals surface area contributed by atoms with E-state index in [9.17, 15) is 4.79 Å². The highest BCUT2D eigenvalue weighted by Crippen LogP contribution is 2.19. The van der Waals surface area contributed by atoms with E-state index in [2.05, 4.69) is 60.9 Å². The third kappa shape index (κ3) is 5.12. The number of carbonyl (C=O) groups excluding carboxylic acids is 1. The molecular formula is C19H21BrN4O2. The number of likely N-dealkylation sites (tertiary alicyclic amines) is 1. The minimum atomic E-state index is -0.545. The van der Waals surface area contributed by atoms with Gasteiger partial charge in [0.05, 0.1) is 12.4 Å². The second-order valence-corrected chi connectivity index (χ2v) is 6.99. The average Bonchev–Trinajstić information content (AvgIpc) is 3.10. The normalized spacial score (nSPS) is 17.0. The summed E-state index contributed by atoms with van der Waals surface area (Å²) in [4.78, 5) is 21.9. The highest BCUT2D eigenvalue weighted by atomic mass is 79.9. The van der Waals surface area contributed by atoms with Crippen LogP contribution in [0.5, 0.6) is 5.88 Å². The van der Waals surface area contributed by atoms with Gasteiger partial charge in [0.1, 0.15) is 5.82 Å². The minimum Gasteiger partial charge on any atom is -0.403 e. The monoisotopic (exact) mass is 416 g/mol. The quantitative estimate of drug-likeness (QED) is 0.552. The number of hydrogen-bond donors (Lipinski definition) is 1. The van der Waals surface area contributed by atoms with Crippen molar-refractivity contribution in [1.82, 2.24) is 14.9 Å². The van der Waals surface area contributed by atoms with Gasteiger partial charge in [-0.05, 0) is 24.5 Å². The first-order chi connectivity index (χ1) is 12.6. The molecule has 1 aromatic heterocycles. The van der Waals surface area contributed by atoms with Gasteiger partial charge in [0.25, 0.3) is 0 Å². The molecule has 2 aromatic rings. The molecule has 1 aliphatic heterocycles. The topological polar surface area (TPSA) is 67.3 Å². The van der Waals surface area contributed by atoms with E-state index >= 15 is 0 Å². The first kappa shape index (κ1) is 18.5. The average molecular weight is 417 g/mol. The fraction of sp³-hybridized carbons (Fsp3) is 0.316. The van der Waals surface area contributed by atoms with Gasteiger partial charge in [0, 0.05) is 36.2 Å². The number of nitrogens with zero attached hydrogens (tertiary/aromatic N) is 3. The largest absolute Gasteiger partial charge is 0.403 e. The number of aromatic nitrogens is 2. The zero-order valence-corrected chi connectivity index (χ0v) is 16.0. The summed E-state index contributed by atoms with van der Waals surface area (Å²) >= 11 is 3.60. The molecule has 7 heteroatoms. The van der Waals surface area contributed by atoms with Crippen molar-refractivity contribution in [1.29, 1.82) is 0 Å². The molecule has 26 heavy (non-hydrogen) atoms. The van der Waals surface area contributed by atoms with Gasteiger partial charge < -0.3 is 15.0 Å². The van der Waals surface area contributed by atoms with Crippen LogP contribution < -0.4 is 10.1 Å². The standard InChI is InChI=1S/C19H21BrN4O2/c1-2-19(25)26-18-12-21-17(11-22-18)23-15-8-10-24(13-15)9-7-14-5-3-4-6-16(14)20/h2-6,11-12,15H,1,7-10,13H2,(H,21,23)/t15-/m1/s1. The molecule has 0 unspecified atom stereocenters. The summed E-state index contributed by atoms with van der Waals surface area (Å²) in [6, 6.07) is 8.69. The van der Waals surface area contributed by atoms with E-state index in [4.69, 9.17) is 4.74 Å². The van der Waals surface area contributed by atoms with E-state index in [1.54, 1.807) is 6.20 Å². The van der Waals surface area contributed by atoms with Gasteiger partial charge in [-0.1, -0.05) is 40.7 Å². The zero-order valence-electron chi connectivity index (χ0n) is 14.4. The Kier molecular flexibility index (Phi) is 6.35. The van der Waals surface area contributed by atoms with Crippen LogP contribution in [0, 0.1) is 0 Å². The van der Waals surface area contributed by atoms with Crippen LogP contribution in [0.4, 0.5) is 5.82 Å². The third-order valence-electron chi connectivity index (χ3n) is 4.28. The summed E-state index contributed by atoms with van der Waals surface area (Å²) in [6.45, 7) is 6.41. The van der Waals surface area contributed by atoms with Crippen molar-refractivity contribution >= 4 is 27.7 Å². The maximum atomic E-state index is 11.1. The maximum absolute atomic E-state index is 11.1. The Hall–Kier alpha value is -2.25. The number of hydrogen-bond acceptors (Lipinski definition) is 6. The first-order valence-corrected chi connectivity index (χ1v) is 9.32. The van der Waals surface area contributed by atoms with E-state index in [1.165, 1.54) is 16.2 Å². The second-order valence-electron chi connectivity index (χ2n) is 6.14. The van der Waals surface area contributed by atoms with Crippen LogP contribution in [0.25, 0.3) is 0 Å². The highest BCUT2D eigenvalue weighted by Gasteiger charge is 2.22. The van der Waals surface area contributed by atoms with Crippen LogP contribution in [-0.2, 0) is 11.2 Å². The summed E-state index contributed by atoms with van der Waals surface area (Å²) in [5, 5.41) is 3.39. The van der Waals surface area contributed by atoms with Gasteiger partial charge in [-0.2, -0.15) is 0 Å². The van der Waals surface area contributed by atoms with Crippen LogP contribution >= 0.6 is 15.9 Å². The third-order valence-corrected chi connectivity index (χ3v) is 5.05. The summed E-state index contributed by atoms with van der Waals surface area (Å²) in [7, 11) is 0. The molecule has 1 saturated heterocycles. The number of nitrogens with one attached hydrogen (secondary N) is 1. The van der Waals surface area contributed by atoms with Crippen molar-refractivity contribution in [2.24, 2.45) is 0 Å². The number of esters is 1. The Bertz CT molecular complexity index is 766. The molecule has 2 heterocycles. The smallest absolute Gasteiger partial charge is 0.336 e. The van der Waals surface area contributed by atoms with E-state index in [-0.39, 0.29) is 5.88 Å². The van der Waals surface area contributed by atoms with E-state index < -0.39 is 5.97 Å². The van der Waals surface area contributed by atoms with Gasteiger partial charge in [-0.3, -0.25) is 0 Å². The number of anilines is 1. The van der Waals surface area contributed by atoms with Gasteiger partial charge in [-0.15, -0.1) is 0 Å². The molecule has 1 fully saturated rings. The predicted molar refractivity (Wildman–Crippen MR) is 104 cm³/mol. The molecule has 6 nitrogen and oxygen atoms in total. The lowest BCUT2D eigenvalue weighted by Crippen LogP contribution is -2.28. The maximum Gasteiger partial charge on any atom is 0.336 e. The van der Waals surface area contributed by atoms with Gasteiger partial charge >= 0.3 is 5.97 Å². The SMILES string of the molecule is C=CC(=O)Oc1cnc(N[C@@H]2CCN(CCc3ccccc3Br)C2)cn1. The van der Waals surface area contributed by atoms with Gasteiger partial charge in [0.15, 0.2) is 0 Å². The number of ether oxygens (including phenoxy) is 1. The molecule has 1 N–H and O–H groups in total. The molecule has 0 radical (unpaired) electrons. The predicted octanol–water partition coefficient (Wildman–Crippen LogP) is 3.06. The fourth-order valence-corrected chi connectivity index (χ4v) is 3.41. The molecule has 0 spiro atoms. The van der Waals surface area contributed by atoms with Crippen molar-refractivity contribution in [2.45, 2.75) is 18.9 Å². The van der Waals surface area contributed by atoms with Crippen molar-refractivity contribution in [3.05, 3.63) is 59.4 Å². The van der Waals surface area contributed by atoms with Crippen molar-refractivity contribution < 1.29 is 9.53 Å². The second kappa shape index (κ2) is 8.91. The fourth-order valence-electron chi connectivity index (χ4n) is 2.93. The molecule has 0 bridgehead atoms. The van der Waals surface area contributed by atoms with E-state index in [1.807, 2.05) is 6.07 Å². The summed E-state index contributed by atoms with van der Waals surface area (Å²) in [6.07, 6.45) is 6.19. The summed E-state index contributed by atoms with van der Waals surface area (Å²) in [5.74, 6) is 0.305. The lowest BCUT2D eigenvalue weighted by Gasteiger charge is -2.17. The van der Waals surface area contributed by atoms with Gasteiger partial charge in [0.2, 0.25) is 5.88 Å².